The van der Waals surface area contributed by atoms with Crippen molar-refractivity contribution in [2.45, 2.75) is 12.7 Å². The lowest BCUT2D eigenvalue weighted by atomic mass is 10.2. The average molecular weight is 286 g/mol. The number of rotatable bonds is 3. The largest absolute Gasteiger partial charge is 0.617 e. The molecule has 0 aliphatic carbocycles. The number of H-pyrrole nitrogens is 1. The van der Waals surface area contributed by atoms with Gasteiger partial charge in [-0.25, -0.2) is 14.5 Å². The second-order valence-electron chi connectivity index (χ2n) is 4.00. The van der Waals surface area contributed by atoms with Crippen molar-refractivity contribution in [3.63, 3.8) is 0 Å². The molecule has 0 bridgehead atoms. The number of hydrogen-bond acceptors (Lipinski definition) is 4. The van der Waals surface area contributed by atoms with Gasteiger partial charge in [0.05, 0.1) is 0 Å². The number of alkyl halides is 3. The van der Waals surface area contributed by atoms with Crippen molar-refractivity contribution < 1.29 is 18.0 Å². The second-order valence-corrected chi connectivity index (χ2v) is 4.00. The summed E-state index contributed by atoms with van der Waals surface area (Å²) in [6.07, 6.45) is -4.40. The van der Waals surface area contributed by atoms with E-state index in [1.807, 2.05) is 5.10 Å². The molecule has 1 aromatic heterocycles. The van der Waals surface area contributed by atoms with Crippen LogP contribution in [0.3, 0.4) is 0 Å². The standard InChI is InChI=1S/C11H9F3N4O2/c12-11(13,14)9(19)18(20,10-15-7-16-17-10)6-8-4-2-1-3-5-8/h1-5,7H,6H2,(H,15,16,17). The number of nitrogens with zero attached hydrogens (tertiary/aromatic N) is 3. The molecular weight excluding hydrogens is 277 g/mol. The maximum Gasteiger partial charge on any atom is 0.510 e. The van der Waals surface area contributed by atoms with E-state index in [0.29, 0.717) is 0 Å². The van der Waals surface area contributed by atoms with Crippen molar-refractivity contribution in [3.05, 3.63) is 47.4 Å². The van der Waals surface area contributed by atoms with Gasteiger partial charge in [0.25, 0.3) is 0 Å². The molecule has 2 rings (SSSR count). The number of quaternary nitrogens is 1. The summed E-state index contributed by atoms with van der Waals surface area (Å²) in [5, 5.41) is 17.8. The molecule has 9 heteroatoms. The Bertz CT molecular complexity index is 585. The fraction of sp³-hybridized carbons (Fsp3) is 0.182. The molecule has 2 aromatic rings. The molecule has 20 heavy (non-hydrogen) atoms. The molecule has 1 atom stereocenters. The van der Waals surface area contributed by atoms with E-state index < -0.39 is 29.2 Å². The minimum absolute atomic E-state index is 0.275. The third-order valence-electron chi connectivity index (χ3n) is 2.56. The molecule has 0 saturated carbocycles. The first kappa shape index (κ1) is 14.2. The van der Waals surface area contributed by atoms with Gasteiger partial charge < -0.3 is 5.21 Å². The van der Waals surface area contributed by atoms with E-state index in [9.17, 15) is 23.2 Å². The number of carbonyl (C=O) groups is 1. The molecule has 0 spiro atoms. The lowest BCUT2D eigenvalue weighted by molar-refractivity contribution is -0.182. The summed E-state index contributed by atoms with van der Waals surface area (Å²) in [7, 11) is 0. The van der Waals surface area contributed by atoms with Gasteiger partial charge in [-0.05, 0) is 0 Å². The van der Waals surface area contributed by atoms with Crippen LogP contribution < -0.4 is 4.65 Å². The smallest absolute Gasteiger partial charge is 0.510 e. The monoisotopic (exact) mass is 286 g/mol. The highest BCUT2D eigenvalue weighted by Gasteiger charge is 2.53. The molecule has 0 saturated heterocycles. The summed E-state index contributed by atoms with van der Waals surface area (Å²) in [5.74, 6) is -3.17. The number of aromatic nitrogens is 3. The van der Waals surface area contributed by atoms with Crippen LogP contribution in [0, 0.1) is 5.21 Å². The van der Waals surface area contributed by atoms with Crippen LogP contribution in [0.5, 0.6) is 0 Å². The topological polar surface area (TPSA) is 81.7 Å². The van der Waals surface area contributed by atoms with Gasteiger partial charge in [0, 0.05) is 5.56 Å². The van der Waals surface area contributed by atoms with Crippen LogP contribution in [0.1, 0.15) is 5.56 Å². The molecule has 0 aliphatic rings. The van der Waals surface area contributed by atoms with Gasteiger partial charge in [-0.2, -0.15) is 23.3 Å². The molecule has 0 fully saturated rings. The van der Waals surface area contributed by atoms with E-state index in [1.54, 1.807) is 18.2 Å². The Morgan fingerprint density at radius 2 is 1.95 bits per heavy atom. The Balaban J connectivity index is 2.43. The second kappa shape index (κ2) is 5.02. The molecule has 1 aromatic carbocycles. The number of hydroxylamine groups is 2. The van der Waals surface area contributed by atoms with Crippen LogP contribution in [0.4, 0.5) is 19.1 Å². The van der Waals surface area contributed by atoms with Gasteiger partial charge in [-0.15, -0.1) is 0 Å². The van der Waals surface area contributed by atoms with Gasteiger partial charge in [0.2, 0.25) is 0 Å². The summed E-state index contributed by atoms with van der Waals surface area (Å²) in [6.45, 7) is -0.728. The van der Waals surface area contributed by atoms with Crippen LogP contribution in [0.15, 0.2) is 36.7 Å². The van der Waals surface area contributed by atoms with Gasteiger partial charge in [-0.1, -0.05) is 30.3 Å². The molecule has 6 nitrogen and oxygen atoms in total. The van der Waals surface area contributed by atoms with E-state index in [0.717, 1.165) is 6.33 Å². The third-order valence-corrected chi connectivity index (χ3v) is 2.56. The van der Waals surface area contributed by atoms with Gasteiger partial charge in [0.1, 0.15) is 12.9 Å². The average Bonchev–Trinajstić information content (AvgIpc) is 2.92. The lowest BCUT2D eigenvalue weighted by Crippen LogP contribution is -2.55. The number of hydrogen-bond donors (Lipinski definition) is 1. The molecule has 1 unspecified atom stereocenters. The van der Waals surface area contributed by atoms with Crippen LogP contribution in [-0.4, -0.2) is 27.3 Å². The Morgan fingerprint density at radius 1 is 1.30 bits per heavy atom. The quantitative estimate of drug-likeness (QED) is 0.690. The third kappa shape index (κ3) is 2.68. The number of halogens is 3. The lowest BCUT2D eigenvalue weighted by Gasteiger charge is -2.35. The first-order chi connectivity index (χ1) is 9.34. The van der Waals surface area contributed by atoms with Crippen molar-refractivity contribution in [2.24, 2.45) is 0 Å². The highest BCUT2D eigenvalue weighted by atomic mass is 19.4. The van der Waals surface area contributed by atoms with E-state index >= 15 is 0 Å². The molecule has 1 heterocycles. The van der Waals surface area contributed by atoms with Crippen molar-refractivity contribution in [1.29, 1.82) is 0 Å². The molecule has 0 radical (unpaired) electrons. The highest BCUT2D eigenvalue weighted by molar-refractivity contribution is 5.91. The Hall–Kier alpha value is -2.26. The SMILES string of the molecule is O=C(C(F)(F)F)[N+]([O-])(Cc1ccccc1)c1ncn[nH]1. The maximum absolute atomic E-state index is 12.6. The predicted molar refractivity (Wildman–Crippen MR) is 62.8 cm³/mol. The first-order valence-electron chi connectivity index (χ1n) is 5.44. The highest BCUT2D eigenvalue weighted by Crippen LogP contribution is 2.29. The summed E-state index contributed by atoms with van der Waals surface area (Å²) in [6, 6.07) is 7.65. The normalized spacial score (nSPS) is 14.8. The number of aromatic amines is 1. The van der Waals surface area contributed by atoms with Gasteiger partial charge >= 0.3 is 18.0 Å². The minimum Gasteiger partial charge on any atom is -0.617 e. The molecule has 1 amide bonds. The fourth-order valence-corrected chi connectivity index (χ4v) is 1.66. The Labute approximate surface area is 111 Å². The van der Waals surface area contributed by atoms with E-state index in [4.69, 9.17) is 0 Å². The van der Waals surface area contributed by atoms with Crippen LogP contribution in [0.2, 0.25) is 0 Å². The zero-order valence-corrected chi connectivity index (χ0v) is 9.96. The zero-order chi connectivity index (χ0) is 14.8. The zero-order valence-electron chi connectivity index (χ0n) is 9.96. The molecule has 1 N–H and O–H groups in total. The fourth-order valence-electron chi connectivity index (χ4n) is 1.66. The Morgan fingerprint density at radius 3 is 2.45 bits per heavy atom. The van der Waals surface area contributed by atoms with E-state index in [-0.39, 0.29) is 5.56 Å². The summed E-state index contributed by atoms with van der Waals surface area (Å²) >= 11 is 0. The number of carbonyl (C=O) groups excluding carboxylic acids is 1. The molecular formula is C11H9F3N4O2. The van der Waals surface area contributed by atoms with Gasteiger partial charge in [-0.3, -0.25) is 0 Å². The van der Waals surface area contributed by atoms with Crippen molar-refractivity contribution in [2.75, 3.05) is 0 Å². The summed E-state index contributed by atoms with van der Waals surface area (Å²) < 4.78 is 35.5. The van der Waals surface area contributed by atoms with E-state index in [2.05, 4.69) is 10.1 Å². The maximum atomic E-state index is 12.6. The molecule has 106 valence electrons. The summed E-state index contributed by atoms with van der Waals surface area (Å²) in [4.78, 5) is 14.8. The van der Waals surface area contributed by atoms with Crippen LogP contribution in [0.25, 0.3) is 0 Å². The van der Waals surface area contributed by atoms with Crippen LogP contribution >= 0.6 is 0 Å². The minimum atomic E-state index is -5.27. The number of benzene rings is 1. The number of nitrogens with one attached hydrogen (secondary N) is 1. The van der Waals surface area contributed by atoms with Crippen LogP contribution in [-0.2, 0) is 11.3 Å². The summed E-state index contributed by atoms with van der Waals surface area (Å²) in [5.41, 5.74) is 0.275. The van der Waals surface area contributed by atoms with Crippen molar-refractivity contribution in [1.82, 2.24) is 19.8 Å². The van der Waals surface area contributed by atoms with Crippen molar-refractivity contribution >= 4 is 11.9 Å². The Kier molecular flexibility index (Phi) is 3.55. The van der Waals surface area contributed by atoms with E-state index in [1.165, 1.54) is 12.1 Å². The first-order valence-corrected chi connectivity index (χ1v) is 5.44. The predicted octanol–water partition coefficient (Wildman–Crippen LogP) is 1.90. The number of amides is 1. The van der Waals surface area contributed by atoms with Gasteiger partial charge in [0.15, 0.2) is 0 Å². The molecule has 0 aliphatic heterocycles. The van der Waals surface area contributed by atoms with Crippen molar-refractivity contribution in [3.8, 4) is 0 Å².